The van der Waals surface area contributed by atoms with Gasteiger partial charge in [-0.3, -0.25) is 0 Å². The number of aliphatic hydroxyl groups is 1. The number of nitrogens with one attached hydrogen (secondary N) is 1. The minimum absolute atomic E-state index is 0.307. The maximum Gasteiger partial charge on any atom is 0.181 e. The van der Waals surface area contributed by atoms with Crippen LogP contribution < -0.4 is 0 Å². The lowest BCUT2D eigenvalue weighted by Crippen LogP contribution is -2.56. The molecule has 0 aromatic rings. The van der Waals surface area contributed by atoms with Crippen molar-refractivity contribution < 1.29 is 5.11 Å². The van der Waals surface area contributed by atoms with Crippen molar-refractivity contribution in [3.8, 4) is 0 Å². The van der Waals surface area contributed by atoms with E-state index in [9.17, 15) is 5.11 Å². The van der Waals surface area contributed by atoms with E-state index in [0.717, 1.165) is 37.5 Å². The summed E-state index contributed by atoms with van der Waals surface area (Å²) in [5, 5.41) is 13.8. The van der Waals surface area contributed by atoms with E-state index in [4.69, 9.17) is 5.53 Å². The molecule has 4 rings (SSSR count). The zero-order valence-corrected chi connectivity index (χ0v) is 7.74. The quantitative estimate of drug-likeness (QED) is 0.597. The highest BCUT2D eigenvalue weighted by atomic mass is 16.3. The predicted octanol–water partition coefficient (Wildman–Crippen LogP) is 2.16. The van der Waals surface area contributed by atoms with Gasteiger partial charge in [-0.25, -0.2) is 5.53 Å². The average Bonchev–Trinajstić information content (AvgIpc) is 2.13. The van der Waals surface area contributed by atoms with Gasteiger partial charge in [0.2, 0.25) is 0 Å². The van der Waals surface area contributed by atoms with E-state index in [1.165, 1.54) is 6.42 Å². The van der Waals surface area contributed by atoms with Crippen LogP contribution in [0.15, 0.2) is 5.11 Å². The van der Waals surface area contributed by atoms with Gasteiger partial charge < -0.3 is 5.11 Å². The number of nitrogens with zero attached hydrogens (tertiary/aromatic N) is 1. The maximum absolute atomic E-state index is 10.2. The molecule has 3 heteroatoms. The van der Waals surface area contributed by atoms with Gasteiger partial charge in [0.1, 0.15) is 0 Å². The summed E-state index contributed by atoms with van der Waals surface area (Å²) in [5.41, 5.74) is 6.18. The lowest BCUT2D eigenvalue weighted by molar-refractivity contribution is -0.172. The molecule has 3 nitrogen and oxygen atoms in total. The number of hydrogen-bond acceptors (Lipinski definition) is 3. The Hall–Kier alpha value is -0.440. The fourth-order valence-electron chi connectivity index (χ4n) is 4.06. The molecular formula is C10H16N2O. The largest absolute Gasteiger partial charge is 0.367 e. The molecule has 0 aromatic carbocycles. The van der Waals surface area contributed by atoms with Gasteiger partial charge >= 0.3 is 0 Å². The Kier molecular flexibility index (Phi) is 1.41. The topological polar surface area (TPSA) is 56.4 Å². The third-order valence-corrected chi connectivity index (χ3v) is 4.52. The molecule has 0 atom stereocenters. The van der Waals surface area contributed by atoms with Crippen molar-refractivity contribution in [1.82, 2.24) is 0 Å². The highest BCUT2D eigenvalue weighted by Crippen LogP contribution is 2.58. The van der Waals surface area contributed by atoms with E-state index in [1.807, 2.05) is 0 Å². The van der Waals surface area contributed by atoms with Crippen molar-refractivity contribution in [3.63, 3.8) is 0 Å². The van der Waals surface area contributed by atoms with Crippen LogP contribution >= 0.6 is 0 Å². The van der Waals surface area contributed by atoms with Gasteiger partial charge in [0.05, 0.1) is 0 Å². The minimum Gasteiger partial charge on any atom is -0.367 e. The number of hydrogen-bond donors (Lipinski definition) is 2. The first-order chi connectivity index (χ1) is 6.22. The summed E-state index contributed by atoms with van der Waals surface area (Å²) < 4.78 is 0. The molecule has 13 heavy (non-hydrogen) atoms. The molecule has 4 aliphatic rings. The van der Waals surface area contributed by atoms with Crippen LogP contribution in [0.4, 0.5) is 0 Å². The molecule has 0 heterocycles. The van der Waals surface area contributed by atoms with Crippen LogP contribution in [-0.2, 0) is 0 Å². The molecule has 4 saturated carbocycles. The van der Waals surface area contributed by atoms with Gasteiger partial charge in [-0.1, -0.05) is 0 Å². The zero-order valence-electron chi connectivity index (χ0n) is 7.74. The van der Waals surface area contributed by atoms with Gasteiger partial charge in [0.15, 0.2) is 5.72 Å². The van der Waals surface area contributed by atoms with E-state index in [0.29, 0.717) is 11.8 Å². The Morgan fingerprint density at radius 2 is 1.46 bits per heavy atom. The molecule has 72 valence electrons. The van der Waals surface area contributed by atoms with Crippen molar-refractivity contribution in [2.24, 2.45) is 28.8 Å². The summed E-state index contributed by atoms with van der Waals surface area (Å²) in [6.07, 6.45) is 5.84. The Balaban J connectivity index is 1.97. The second kappa shape index (κ2) is 2.32. The standard InChI is InChI=1S/C10H16N2O/c11-12-10(13)8-2-6-1-7(4-8)5-9(10)3-6/h6-9,11,13H,1-5H2. The number of rotatable bonds is 1. The highest BCUT2D eigenvalue weighted by Gasteiger charge is 2.57. The van der Waals surface area contributed by atoms with E-state index < -0.39 is 5.72 Å². The van der Waals surface area contributed by atoms with Crippen molar-refractivity contribution in [2.75, 3.05) is 0 Å². The van der Waals surface area contributed by atoms with Crippen LogP contribution in [0.5, 0.6) is 0 Å². The normalized spacial score (nSPS) is 58.2. The van der Waals surface area contributed by atoms with Gasteiger partial charge in [-0.2, -0.15) is 5.11 Å². The first-order valence-corrected chi connectivity index (χ1v) is 5.33. The summed E-state index contributed by atoms with van der Waals surface area (Å²) in [7, 11) is 0. The molecule has 4 fully saturated rings. The Morgan fingerprint density at radius 1 is 1.00 bits per heavy atom. The summed E-state index contributed by atoms with van der Waals surface area (Å²) in [5.74, 6) is 2.29. The summed E-state index contributed by atoms with van der Waals surface area (Å²) in [6, 6.07) is 0. The molecule has 0 aromatic heterocycles. The molecule has 0 amide bonds. The lowest BCUT2D eigenvalue weighted by atomic mass is 9.52. The molecule has 2 N–H and O–H groups in total. The van der Waals surface area contributed by atoms with Crippen LogP contribution in [-0.4, -0.2) is 10.8 Å². The van der Waals surface area contributed by atoms with Gasteiger partial charge in [0.25, 0.3) is 0 Å². The first-order valence-electron chi connectivity index (χ1n) is 5.33. The molecule has 0 radical (unpaired) electrons. The van der Waals surface area contributed by atoms with Crippen molar-refractivity contribution in [2.45, 2.75) is 37.8 Å². The lowest BCUT2D eigenvalue weighted by Gasteiger charge is -2.56. The summed E-state index contributed by atoms with van der Waals surface area (Å²) in [6.45, 7) is 0. The van der Waals surface area contributed by atoms with E-state index in [2.05, 4.69) is 5.11 Å². The molecule has 0 unspecified atom stereocenters. The fourth-order valence-corrected chi connectivity index (χ4v) is 4.06. The summed E-state index contributed by atoms with van der Waals surface area (Å²) >= 11 is 0. The third kappa shape index (κ3) is 0.885. The fraction of sp³-hybridized carbons (Fsp3) is 1.00. The Bertz CT molecular complexity index is 223. The van der Waals surface area contributed by atoms with E-state index >= 15 is 0 Å². The van der Waals surface area contributed by atoms with Crippen LogP contribution in [0.2, 0.25) is 0 Å². The van der Waals surface area contributed by atoms with Crippen LogP contribution in [0.1, 0.15) is 32.1 Å². The van der Waals surface area contributed by atoms with Gasteiger partial charge in [-0.05, 0) is 43.9 Å². The zero-order chi connectivity index (χ0) is 9.05. The average molecular weight is 180 g/mol. The maximum atomic E-state index is 10.2. The van der Waals surface area contributed by atoms with Gasteiger partial charge in [-0.15, -0.1) is 0 Å². The van der Waals surface area contributed by atoms with Crippen LogP contribution in [0.25, 0.3) is 0 Å². The van der Waals surface area contributed by atoms with Crippen LogP contribution in [0, 0.1) is 29.2 Å². The predicted molar refractivity (Wildman–Crippen MR) is 47.1 cm³/mol. The molecule has 0 aliphatic heterocycles. The highest BCUT2D eigenvalue weighted by molar-refractivity contribution is 5.04. The minimum atomic E-state index is -0.965. The SMILES string of the molecule is N=NC1(O)C2CC3CC(C2)CC1C3. The smallest absolute Gasteiger partial charge is 0.181 e. The molecule has 4 bridgehead atoms. The van der Waals surface area contributed by atoms with Gasteiger partial charge in [0, 0.05) is 11.8 Å². The van der Waals surface area contributed by atoms with E-state index in [1.54, 1.807) is 0 Å². The molecular weight excluding hydrogens is 164 g/mol. The first kappa shape index (κ1) is 7.92. The van der Waals surface area contributed by atoms with Crippen LogP contribution in [0.3, 0.4) is 0 Å². The molecule has 4 aliphatic carbocycles. The molecule has 0 spiro atoms. The summed E-state index contributed by atoms with van der Waals surface area (Å²) in [4.78, 5) is 0. The Morgan fingerprint density at radius 3 is 1.85 bits per heavy atom. The molecule has 0 saturated heterocycles. The second-order valence-electron chi connectivity index (χ2n) is 5.20. The van der Waals surface area contributed by atoms with Crippen molar-refractivity contribution in [3.05, 3.63) is 0 Å². The second-order valence-corrected chi connectivity index (χ2v) is 5.20. The Labute approximate surface area is 78.0 Å². The monoisotopic (exact) mass is 180 g/mol. The third-order valence-electron chi connectivity index (χ3n) is 4.52. The van der Waals surface area contributed by atoms with E-state index in [-0.39, 0.29) is 0 Å². The van der Waals surface area contributed by atoms with Crippen molar-refractivity contribution >= 4 is 0 Å². The van der Waals surface area contributed by atoms with Crippen molar-refractivity contribution in [1.29, 1.82) is 5.53 Å².